The van der Waals surface area contributed by atoms with E-state index in [4.69, 9.17) is 4.74 Å². The van der Waals surface area contributed by atoms with E-state index in [1.807, 2.05) is 4.90 Å². The van der Waals surface area contributed by atoms with Gasteiger partial charge in [0.05, 0.1) is 12.5 Å². The van der Waals surface area contributed by atoms with Gasteiger partial charge in [0.2, 0.25) is 11.8 Å². The van der Waals surface area contributed by atoms with Gasteiger partial charge in [0.1, 0.15) is 0 Å². The van der Waals surface area contributed by atoms with E-state index in [-0.39, 0.29) is 36.2 Å². The number of hydrogen-bond acceptors (Lipinski definition) is 4. The Hall–Kier alpha value is -0.850. The normalized spacial score (nSPS) is 29.5. The fourth-order valence-electron chi connectivity index (χ4n) is 2.96. The minimum absolute atomic E-state index is 0. The van der Waals surface area contributed by atoms with Gasteiger partial charge in [-0.05, 0) is 13.8 Å². The molecule has 2 aliphatic rings. The second-order valence-electron chi connectivity index (χ2n) is 5.75. The molecule has 122 valence electrons. The number of nitrogens with one attached hydrogen (secondary N) is 1. The van der Waals surface area contributed by atoms with Crippen LogP contribution in [0, 0.1) is 5.92 Å². The Morgan fingerprint density at radius 2 is 2.14 bits per heavy atom. The zero-order valence-corrected chi connectivity index (χ0v) is 13.8. The summed E-state index contributed by atoms with van der Waals surface area (Å²) in [6.07, 6.45) is 0.341. The molecule has 6 nitrogen and oxygen atoms in total. The third kappa shape index (κ3) is 4.08. The molecule has 2 saturated heterocycles. The Morgan fingerprint density at radius 1 is 1.43 bits per heavy atom. The highest BCUT2D eigenvalue weighted by molar-refractivity contribution is 5.89. The summed E-state index contributed by atoms with van der Waals surface area (Å²) in [6, 6.07) is 0.480. The topological polar surface area (TPSA) is 61.9 Å². The molecule has 7 heteroatoms. The lowest BCUT2D eigenvalue weighted by atomic mass is 10.0. The number of likely N-dealkylation sites (tertiary alicyclic amines) is 1. The van der Waals surface area contributed by atoms with Gasteiger partial charge < -0.3 is 19.9 Å². The third-order valence-electron chi connectivity index (χ3n) is 4.45. The molecule has 2 amide bonds. The lowest BCUT2D eigenvalue weighted by Gasteiger charge is -2.39. The van der Waals surface area contributed by atoms with E-state index < -0.39 is 0 Å². The predicted octanol–water partition coefficient (Wildman–Crippen LogP) is 0.112. The second-order valence-corrected chi connectivity index (χ2v) is 5.75. The molecule has 0 aliphatic carbocycles. The fraction of sp³-hybridized carbons (Fsp3) is 0.857. The Balaban J connectivity index is 0.00000220. The standard InChI is InChI=1S/C14H25N3O3.ClH/c1-10-11(2)17(5-4-15-10)14(19)12-8-13(18)16(9-12)6-7-20-3;/h10-12,15H,4-9H2,1-3H3;1H. The SMILES string of the molecule is COCCN1CC(C(=O)N2CCNC(C)C2C)CC1=O.Cl. The highest BCUT2D eigenvalue weighted by Crippen LogP contribution is 2.22. The van der Waals surface area contributed by atoms with Crippen molar-refractivity contribution in [3.8, 4) is 0 Å². The van der Waals surface area contributed by atoms with Crippen LogP contribution in [0.5, 0.6) is 0 Å². The number of ether oxygens (including phenoxy) is 1. The summed E-state index contributed by atoms with van der Waals surface area (Å²) in [5, 5.41) is 3.36. The van der Waals surface area contributed by atoms with Gasteiger partial charge in [-0.25, -0.2) is 0 Å². The Labute approximate surface area is 132 Å². The average Bonchev–Trinajstić information content (AvgIpc) is 2.80. The van der Waals surface area contributed by atoms with Gasteiger partial charge in [-0.1, -0.05) is 0 Å². The molecule has 3 atom stereocenters. The molecular weight excluding hydrogens is 294 g/mol. The molecule has 0 saturated carbocycles. The number of carbonyl (C=O) groups is 2. The van der Waals surface area contributed by atoms with E-state index in [9.17, 15) is 9.59 Å². The van der Waals surface area contributed by atoms with Crippen LogP contribution in [0.4, 0.5) is 0 Å². The Morgan fingerprint density at radius 3 is 2.81 bits per heavy atom. The number of carbonyl (C=O) groups excluding carboxylic acids is 2. The van der Waals surface area contributed by atoms with Crippen molar-refractivity contribution in [2.45, 2.75) is 32.4 Å². The van der Waals surface area contributed by atoms with Crippen LogP contribution < -0.4 is 5.32 Å². The zero-order valence-electron chi connectivity index (χ0n) is 13.0. The van der Waals surface area contributed by atoms with Crippen molar-refractivity contribution >= 4 is 24.2 Å². The first kappa shape index (κ1) is 18.2. The van der Waals surface area contributed by atoms with Crippen LogP contribution in [0.3, 0.4) is 0 Å². The average molecular weight is 320 g/mol. The van der Waals surface area contributed by atoms with Crippen LogP contribution in [-0.4, -0.2) is 73.6 Å². The number of rotatable bonds is 4. The van der Waals surface area contributed by atoms with Gasteiger partial charge in [0, 0.05) is 51.8 Å². The molecule has 3 unspecified atom stereocenters. The number of halogens is 1. The summed E-state index contributed by atoms with van der Waals surface area (Å²) in [6.45, 7) is 7.34. The van der Waals surface area contributed by atoms with E-state index in [0.29, 0.717) is 32.2 Å². The largest absolute Gasteiger partial charge is 0.383 e. The van der Waals surface area contributed by atoms with Crippen molar-refractivity contribution in [3.05, 3.63) is 0 Å². The molecule has 2 heterocycles. The maximum absolute atomic E-state index is 12.6. The monoisotopic (exact) mass is 319 g/mol. The van der Waals surface area contributed by atoms with Crippen LogP contribution in [0.15, 0.2) is 0 Å². The molecule has 1 N–H and O–H groups in total. The first-order valence-corrected chi connectivity index (χ1v) is 7.35. The molecule has 0 aromatic rings. The van der Waals surface area contributed by atoms with Gasteiger partial charge in [-0.15, -0.1) is 12.4 Å². The molecular formula is C14H26ClN3O3. The van der Waals surface area contributed by atoms with Gasteiger partial charge in [0.15, 0.2) is 0 Å². The van der Waals surface area contributed by atoms with Crippen LogP contribution in [0.25, 0.3) is 0 Å². The summed E-state index contributed by atoms with van der Waals surface area (Å²) in [7, 11) is 1.62. The third-order valence-corrected chi connectivity index (χ3v) is 4.45. The zero-order chi connectivity index (χ0) is 14.7. The van der Waals surface area contributed by atoms with Gasteiger partial charge in [-0.3, -0.25) is 9.59 Å². The number of amides is 2. The number of methoxy groups -OCH3 is 1. The van der Waals surface area contributed by atoms with E-state index in [1.54, 1.807) is 12.0 Å². The van der Waals surface area contributed by atoms with Crippen molar-refractivity contribution in [1.29, 1.82) is 0 Å². The van der Waals surface area contributed by atoms with E-state index >= 15 is 0 Å². The van der Waals surface area contributed by atoms with Gasteiger partial charge in [-0.2, -0.15) is 0 Å². The summed E-state index contributed by atoms with van der Waals surface area (Å²) in [4.78, 5) is 28.2. The molecule has 2 aliphatic heterocycles. The minimum atomic E-state index is -0.188. The summed E-state index contributed by atoms with van der Waals surface area (Å²) >= 11 is 0. The Bertz CT molecular complexity index is 380. The van der Waals surface area contributed by atoms with Crippen molar-refractivity contribution in [1.82, 2.24) is 15.1 Å². The van der Waals surface area contributed by atoms with Gasteiger partial charge >= 0.3 is 0 Å². The van der Waals surface area contributed by atoms with Crippen LogP contribution in [0.1, 0.15) is 20.3 Å². The highest BCUT2D eigenvalue weighted by atomic mass is 35.5. The van der Waals surface area contributed by atoms with Gasteiger partial charge in [0.25, 0.3) is 0 Å². The van der Waals surface area contributed by atoms with E-state index in [0.717, 1.165) is 13.1 Å². The van der Waals surface area contributed by atoms with Crippen LogP contribution in [0.2, 0.25) is 0 Å². The lowest BCUT2D eigenvalue weighted by Crippen LogP contribution is -2.58. The van der Waals surface area contributed by atoms with Crippen molar-refractivity contribution in [3.63, 3.8) is 0 Å². The highest BCUT2D eigenvalue weighted by Gasteiger charge is 2.39. The molecule has 0 aromatic heterocycles. The first-order valence-electron chi connectivity index (χ1n) is 7.35. The lowest BCUT2D eigenvalue weighted by molar-refractivity contribution is -0.139. The maximum atomic E-state index is 12.6. The van der Waals surface area contributed by atoms with Crippen LogP contribution >= 0.6 is 12.4 Å². The summed E-state index contributed by atoms with van der Waals surface area (Å²) in [5.41, 5.74) is 0. The predicted molar refractivity (Wildman–Crippen MR) is 82.5 cm³/mol. The minimum Gasteiger partial charge on any atom is -0.383 e. The molecule has 21 heavy (non-hydrogen) atoms. The van der Waals surface area contributed by atoms with Crippen molar-refractivity contribution < 1.29 is 14.3 Å². The summed E-state index contributed by atoms with van der Waals surface area (Å²) in [5.74, 6) is 0.00228. The number of nitrogens with zero attached hydrogens (tertiary/aromatic N) is 2. The van der Waals surface area contributed by atoms with E-state index in [2.05, 4.69) is 19.2 Å². The number of hydrogen-bond donors (Lipinski definition) is 1. The molecule has 0 aromatic carbocycles. The molecule has 2 rings (SSSR count). The smallest absolute Gasteiger partial charge is 0.228 e. The maximum Gasteiger partial charge on any atom is 0.228 e. The van der Waals surface area contributed by atoms with E-state index in [1.165, 1.54) is 0 Å². The molecule has 0 radical (unpaired) electrons. The quantitative estimate of drug-likeness (QED) is 0.799. The molecule has 0 spiro atoms. The first-order chi connectivity index (χ1) is 9.54. The van der Waals surface area contributed by atoms with Crippen LogP contribution in [-0.2, 0) is 14.3 Å². The van der Waals surface area contributed by atoms with Crippen molar-refractivity contribution in [2.24, 2.45) is 5.92 Å². The summed E-state index contributed by atoms with van der Waals surface area (Å²) < 4.78 is 5.00. The Kier molecular flexibility index (Phi) is 6.90. The molecule has 0 bridgehead atoms. The molecule has 2 fully saturated rings. The second kappa shape index (κ2) is 7.96. The number of piperazine rings is 1. The fourth-order valence-corrected chi connectivity index (χ4v) is 2.96. The van der Waals surface area contributed by atoms with Crippen molar-refractivity contribution in [2.75, 3.05) is 39.9 Å².